The van der Waals surface area contributed by atoms with Gasteiger partial charge in [-0.05, 0) is 26.7 Å². The van der Waals surface area contributed by atoms with Crippen molar-refractivity contribution in [2.45, 2.75) is 45.8 Å². The number of nitrogens with one attached hydrogen (secondary N) is 1. The predicted molar refractivity (Wildman–Crippen MR) is 78.3 cm³/mol. The second-order valence-corrected chi connectivity index (χ2v) is 4.92. The van der Waals surface area contributed by atoms with E-state index in [1.807, 2.05) is 20.8 Å². The first-order valence-electron chi connectivity index (χ1n) is 6.80. The Labute approximate surface area is 118 Å². The van der Waals surface area contributed by atoms with Gasteiger partial charge >= 0.3 is 0 Å². The topological polar surface area (TPSA) is 84.6 Å². The fourth-order valence-corrected chi connectivity index (χ4v) is 1.72. The summed E-state index contributed by atoms with van der Waals surface area (Å²) in [5.41, 5.74) is 0.611. The fourth-order valence-electron chi connectivity index (χ4n) is 1.72. The Morgan fingerprint density at radius 3 is 2.65 bits per heavy atom. The van der Waals surface area contributed by atoms with E-state index in [4.69, 9.17) is 4.74 Å². The zero-order chi connectivity index (χ0) is 15.1. The molecule has 0 heterocycles. The SMILES string of the molecule is CCC(O)CCNc1cc(OC(C)C)cc([N+](=O)[O-])c1. The molecule has 0 saturated carbocycles. The van der Waals surface area contributed by atoms with E-state index in [2.05, 4.69) is 5.32 Å². The van der Waals surface area contributed by atoms with E-state index in [-0.39, 0.29) is 17.9 Å². The zero-order valence-electron chi connectivity index (χ0n) is 12.1. The number of rotatable bonds is 8. The third kappa shape index (κ3) is 5.44. The van der Waals surface area contributed by atoms with Crippen LogP contribution in [0.15, 0.2) is 18.2 Å². The molecule has 1 aromatic rings. The van der Waals surface area contributed by atoms with E-state index in [0.717, 1.165) is 0 Å². The minimum Gasteiger partial charge on any atom is -0.491 e. The van der Waals surface area contributed by atoms with Crippen molar-refractivity contribution in [2.75, 3.05) is 11.9 Å². The first-order valence-corrected chi connectivity index (χ1v) is 6.80. The van der Waals surface area contributed by atoms with Crippen molar-refractivity contribution in [3.05, 3.63) is 28.3 Å². The number of hydrogen-bond acceptors (Lipinski definition) is 5. The van der Waals surface area contributed by atoms with Crippen molar-refractivity contribution >= 4 is 11.4 Å². The summed E-state index contributed by atoms with van der Waals surface area (Å²) in [6, 6.07) is 4.60. The predicted octanol–water partition coefficient (Wildman–Crippen LogP) is 2.95. The highest BCUT2D eigenvalue weighted by Crippen LogP contribution is 2.26. The largest absolute Gasteiger partial charge is 0.491 e. The van der Waals surface area contributed by atoms with Crippen LogP contribution in [-0.4, -0.2) is 28.8 Å². The molecule has 0 bridgehead atoms. The lowest BCUT2D eigenvalue weighted by molar-refractivity contribution is -0.384. The van der Waals surface area contributed by atoms with E-state index < -0.39 is 4.92 Å². The number of anilines is 1. The van der Waals surface area contributed by atoms with E-state index in [0.29, 0.717) is 30.8 Å². The van der Waals surface area contributed by atoms with E-state index in [1.165, 1.54) is 12.1 Å². The summed E-state index contributed by atoms with van der Waals surface area (Å²) < 4.78 is 5.50. The lowest BCUT2D eigenvalue weighted by Crippen LogP contribution is -2.12. The standard InChI is InChI=1S/C14H22N2O4/c1-4-13(17)5-6-15-11-7-12(16(18)19)9-14(8-11)20-10(2)3/h7-10,13,15,17H,4-6H2,1-3H3. The molecule has 0 aliphatic carbocycles. The van der Waals surface area contributed by atoms with Crippen LogP contribution in [0.3, 0.4) is 0 Å². The monoisotopic (exact) mass is 282 g/mol. The summed E-state index contributed by atoms with van der Waals surface area (Å²) in [4.78, 5) is 10.5. The second-order valence-electron chi connectivity index (χ2n) is 4.92. The van der Waals surface area contributed by atoms with E-state index in [1.54, 1.807) is 6.07 Å². The molecule has 1 aromatic carbocycles. The van der Waals surface area contributed by atoms with Gasteiger partial charge in [-0.2, -0.15) is 0 Å². The molecule has 0 aliphatic rings. The molecule has 0 amide bonds. The van der Waals surface area contributed by atoms with Crippen LogP contribution in [0.4, 0.5) is 11.4 Å². The number of benzene rings is 1. The number of ether oxygens (including phenoxy) is 1. The van der Waals surface area contributed by atoms with Crippen LogP contribution in [0.2, 0.25) is 0 Å². The molecule has 2 N–H and O–H groups in total. The van der Waals surface area contributed by atoms with E-state index in [9.17, 15) is 15.2 Å². The van der Waals surface area contributed by atoms with Gasteiger partial charge in [0.1, 0.15) is 5.75 Å². The Balaban J connectivity index is 2.78. The molecule has 0 aromatic heterocycles. The number of non-ortho nitro benzene ring substituents is 1. The molecule has 1 unspecified atom stereocenters. The van der Waals surface area contributed by atoms with Crippen molar-refractivity contribution < 1.29 is 14.8 Å². The second kappa shape index (κ2) is 7.69. The minimum atomic E-state index is -0.445. The molecule has 0 fully saturated rings. The van der Waals surface area contributed by atoms with Crippen LogP contribution in [-0.2, 0) is 0 Å². The van der Waals surface area contributed by atoms with Crippen LogP contribution < -0.4 is 10.1 Å². The third-order valence-corrected chi connectivity index (χ3v) is 2.75. The van der Waals surface area contributed by atoms with Gasteiger partial charge in [0.05, 0.1) is 23.2 Å². The van der Waals surface area contributed by atoms with Gasteiger partial charge in [-0.15, -0.1) is 0 Å². The Kier molecular flexibility index (Phi) is 6.24. The van der Waals surface area contributed by atoms with Gasteiger partial charge in [0.15, 0.2) is 0 Å². The molecule has 0 radical (unpaired) electrons. The van der Waals surface area contributed by atoms with Crippen molar-refractivity contribution in [2.24, 2.45) is 0 Å². The summed E-state index contributed by atoms with van der Waals surface area (Å²) in [6.07, 6.45) is 0.886. The molecular weight excluding hydrogens is 260 g/mol. The van der Waals surface area contributed by atoms with Gasteiger partial charge in [-0.25, -0.2) is 0 Å². The highest BCUT2D eigenvalue weighted by Gasteiger charge is 2.11. The average Bonchev–Trinajstić information content (AvgIpc) is 2.37. The van der Waals surface area contributed by atoms with Gasteiger partial charge in [-0.3, -0.25) is 10.1 Å². The van der Waals surface area contributed by atoms with Crippen LogP contribution >= 0.6 is 0 Å². The highest BCUT2D eigenvalue weighted by atomic mass is 16.6. The lowest BCUT2D eigenvalue weighted by Gasteiger charge is -2.13. The molecule has 0 aliphatic heterocycles. The maximum absolute atomic E-state index is 10.9. The van der Waals surface area contributed by atoms with Crippen molar-refractivity contribution in [1.29, 1.82) is 0 Å². The van der Waals surface area contributed by atoms with Crippen LogP contribution in [0, 0.1) is 10.1 Å². The van der Waals surface area contributed by atoms with Crippen LogP contribution in [0.5, 0.6) is 5.75 Å². The van der Waals surface area contributed by atoms with Gasteiger partial charge in [0, 0.05) is 24.4 Å². The lowest BCUT2D eigenvalue weighted by atomic mass is 10.2. The highest BCUT2D eigenvalue weighted by molar-refractivity contribution is 5.56. The maximum Gasteiger partial charge on any atom is 0.275 e. The Morgan fingerprint density at radius 1 is 1.40 bits per heavy atom. The molecule has 6 heteroatoms. The van der Waals surface area contributed by atoms with Gasteiger partial charge in [0.25, 0.3) is 5.69 Å². The average molecular weight is 282 g/mol. The quantitative estimate of drug-likeness (QED) is 0.565. The summed E-state index contributed by atoms with van der Waals surface area (Å²) in [6.45, 7) is 6.19. The molecule has 1 rings (SSSR count). The summed E-state index contributed by atoms with van der Waals surface area (Å²) in [5, 5.41) is 23.5. The zero-order valence-corrected chi connectivity index (χ0v) is 12.1. The third-order valence-electron chi connectivity index (χ3n) is 2.75. The molecule has 0 spiro atoms. The van der Waals surface area contributed by atoms with Crippen LogP contribution in [0.1, 0.15) is 33.6 Å². The summed E-state index contributed by atoms with van der Waals surface area (Å²) in [7, 11) is 0. The molecule has 0 saturated heterocycles. The molecular formula is C14H22N2O4. The fraction of sp³-hybridized carbons (Fsp3) is 0.571. The number of aliphatic hydroxyl groups is 1. The number of nitrogens with zero attached hydrogens (tertiary/aromatic N) is 1. The first kappa shape index (κ1) is 16.2. The molecule has 20 heavy (non-hydrogen) atoms. The van der Waals surface area contributed by atoms with Crippen molar-refractivity contribution in [3.63, 3.8) is 0 Å². The Bertz CT molecular complexity index is 449. The number of nitro benzene ring substituents is 1. The number of aliphatic hydroxyl groups excluding tert-OH is 1. The number of hydrogen-bond donors (Lipinski definition) is 2. The smallest absolute Gasteiger partial charge is 0.275 e. The van der Waals surface area contributed by atoms with Gasteiger partial charge in [0.2, 0.25) is 0 Å². The van der Waals surface area contributed by atoms with Gasteiger partial charge < -0.3 is 15.2 Å². The summed E-state index contributed by atoms with van der Waals surface area (Å²) in [5.74, 6) is 0.465. The molecule has 112 valence electrons. The van der Waals surface area contributed by atoms with E-state index >= 15 is 0 Å². The van der Waals surface area contributed by atoms with Crippen LogP contribution in [0.25, 0.3) is 0 Å². The first-order chi connectivity index (χ1) is 9.42. The number of nitro groups is 1. The normalized spacial score (nSPS) is 12.2. The molecule has 6 nitrogen and oxygen atoms in total. The van der Waals surface area contributed by atoms with Crippen molar-refractivity contribution in [1.82, 2.24) is 0 Å². The Hall–Kier alpha value is -1.82. The van der Waals surface area contributed by atoms with Gasteiger partial charge in [-0.1, -0.05) is 6.92 Å². The maximum atomic E-state index is 10.9. The Morgan fingerprint density at radius 2 is 2.10 bits per heavy atom. The van der Waals surface area contributed by atoms with Crippen molar-refractivity contribution in [3.8, 4) is 5.75 Å². The minimum absolute atomic E-state index is 0.0123. The molecule has 1 atom stereocenters. The summed E-state index contributed by atoms with van der Waals surface area (Å²) >= 11 is 0.